The molecule has 6 rings (SSSR count). The third-order valence-corrected chi connectivity index (χ3v) is 5.85. The summed E-state index contributed by atoms with van der Waals surface area (Å²) in [5, 5.41) is 9.72. The van der Waals surface area contributed by atoms with E-state index in [4.69, 9.17) is 27.9 Å². The van der Waals surface area contributed by atoms with Crippen LogP contribution in [0.3, 0.4) is 0 Å². The third-order valence-electron chi connectivity index (χ3n) is 5.36. The smallest absolute Gasteiger partial charge is 0.238 e. The molecule has 148 valence electrons. The first-order valence-electron chi connectivity index (χ1n) is 9.38. The summed E-state index contributed by atoms with van der Waals surface area (Å²) >= 11 is 12.3. The lowest BCUT2D eigenvalue weighted by molar-refractivity contribution is 0.229. The average Bonchev–Trinajstić information content (AvgIpc) is 3.48. The number of fused-ring (bicyclic) bond motifs is 5. The van der Waals surface area contributed by atoms with Gasteiger partial charge in [-0.05, 0) is 35.9 Å². The topological polar surface area (TPSA) is 70.1 Å². The Bertz CT molecular complexity index is 1310. The maximum Gasteiger partial charge on any atom is 0.238 e. The lowest BCUT2D eigenvalue weighted by Gasteiger charge is -2.12. The monoisotopic (exact) mass is 436 g/mol. The standard InChI is InChI=1S/C21H14Cl2N6O/c22-13-3-1-12(2-4-13)18-8-24-21(30-18)19-17-9-28-11-26-27-20(28)15-7-14(23)5-6-16(15)29(17)10-25-19/h1-7,10-11,18H,8-9H2/t18-/m1/s1. The Balaban J connectivity index is 1.41. The van der Waals surface area contributed by atoms with E-state index in [0.29, 0.717) is 34.7 Å². The molecule has 2 aromatic carbocycles. The van der Waals surface area contributed by atoms with Crippen molar-refractivity contribution >= 4 is 29.1 Å². The minimum Gasteiger partial charge on any atom is -0.466 e. The van der Waals surface area contributed by atoms with Crippen LogP contribution in [0.1, 0.15) is 23.1 Å². The van der Waals surface area contributed by atoms with Crippen molar-refractivity contribution < 1.29 is 4.74 Å². The fraction of sp³-hybridized carbons (Fsp3) is 0.143. The summed E-state index contributed by atoms with van der Waals surface area (Å²) in [6.45, 7) is 1.07. The van der Waals surface area contributed by atoms with E-state index in [1.54, 1.807) is 12.7 Å². The van der Waals surface area contributed by atoms with Crippen LogP contribution in [-0.4, -0.2) is 36.8 Å². The van der Waals surface area contributed by atoms with Crippen LogP contribution in [0.15, 0.2) is 60.1 Å². The fourth-order valence-corrected chi connectivity index (χ4v) is 4.20. The van der Waals surface area contributed by atoms with Crippen molar-refractivity contribution in [3.05, 3.63) is 82.1 Å². The van der Waals surface area contributed by atoms with Crippen molar-refractivity contribution in [2.45, 2.75) is 12.6 Å². The number of nitrogens with zero attached hydrogens (tertiary/aromatic N) is 6. The van der Waals surface area contributed by atoms with E-state index in [0.717, 1.165) is 28.3 Å². The van der Waals surface area contributed by atoms with E-state index >= 15 is 0 Å². The van der Waals surface area contributed by atoms with Crippen LogP contribution in [-0.2, 0) is 11.3 Å². The number of aromatic nitrogens is 5. The molecule has 4 aromatic rings. The van der Waals surface area contributed by atoms with Crippen LogP contribution in [0.25, 0.3) is 17.1 Å². The summed E-state index contributed by atoms with van der Waals surface area (Å²) in [6, 6.07) is 13.4. The maximum absolute atomic E-state index is 6.25. The van der Waals surface area contributed by atoms with Gasteiger partial charge in [0.1, 0.15) is 24.5 Å². The quantitative estimate of drug-likeness (QED) is 0.413. The molecule has 2 aromatic heterocycles. The highest BCUT2D eigenvalue weighted by atomic mass is 35.5. The molecule has 0 spiro atoms. The Morgan fingerprint density at radius 3 is 2.70 bits per heavy atom. The predicted molar refractivity (Wildman–Crippen MR) is 113 cm³/mol. The molecule has 0 N–H and O–H groups in total. The van der Waals surface area contributed by atoms with Gasteiger partial charge in [0.15, 0.2) is 5.82 Å². The van der Waals surface area contributed by atoms with Crippen LogP contribution in [0.4, 0.5) is 0 Å². The van der Waals surface area contributed by atoms with Crippen molar-refractivity contribution in [3.63, 3.8) is 0 Å². The molecular weight excluding hydrogens is 423 g/mol. The van der Waals surface area contributed by atoms with Gasteiger partial charge in [-0.25, -0.2) is 9.98 Å². The van der Waals surface area contributed by atoms with Gasteiger partial charge < -0.3 is 9.30 Å². The van der Waals surface area contributed by atoms with Gasteiger partial charge in [-0.15, -0.1) is 10.2 Å². The third kappa shape index (κ3) is 2.74. The van der Waals surface area contributed by atoms with Crippen molar-refractivity contribution in [1.29, 1.82) is 0 Å². The zero-order chi connectivity index (χ0) is 20.2. The number of imidazole rings is 1. The first kappa shape index (κ1) is 17.7. The molecule has 1 atom stereocenters. The lowest BCUT2D eigenvalue weighted by atomic mass is 10.1. The molecule has 0 amide bonds. The molecule has 0 bridgehead atoms. The summed E-state index contributed by atoms with van der Waals surface area (Å²) < 4.78 is 10.2. The Labute approximate surface area is 181 Å². The van der Waals surface area contributed by atoms with Crippen LogP contribution < -0.4 is 0 Å². The highest BCUT2D eigenvalue weighted by Gasteiger charge is 2.30. The molecule has 2 aliphatic rings. The molecular formula is C21H14Cl2N6O. The molecule has 0 unspecified atom stereocenters. The van der Waals surface area contributed by atoms with E-state index in [-0.39, 0.29) is 6.10 Å². The summed E-state index contributed by atoms with van der Waals surface area (Å²) in [5.41, 5.74) is 4.54. The number of hydrogen-bond donors (Lipinski definition) is 0. The zero-order valence-electron chi connectivity index (χ0n) is 15.5. The molecule has 0 saturated carbocycles. The largest absolute Gasteiger partial charge is 0.466 e. The van der Waals surface area contributed by atoms with E-state index in [1.165, 1.54) is 0 Å². The molecule has 4 heterocycles. The zero-order valence-corrected chi connectivity index (χ0v) is 17.0. The first-order valence-corrected chi connectivity index (χ1v) is 10.1. The van der Waals surface area contributed by atoms with Crippen LogP contribution >= 0.6 is 23.2 Å². The van der Waals surface area contributed by atoms with E-state index in [2.05, 4.69) is 20.2 Å². The fourth-order valence-electron chi connectivity index (χ4n) is 3.91. The van der Waals surface area contributed by atoms with E-state index in [1.807, 2.05) is 51.6 Å². The molecule has 0 saturated heterocycles. The number of hydrogen-bond acceptors (Lipinski definition) is 5. The van der Waals surface area contributed by atoms with Crippen LogP contribution in [0.5, 0.6) is 0 Å². The first-order chi connectivity index (χ1) is 14.7. The number of benzene rings is 2. The highest BCUT2D eigenvalue weighted by molar-refractivity contribution is 6.31. The Hall–Kier alpha value is -3.16. The van der Waals surface area contributed by atoms with Crippen molar-refractivity contribution in [3.8, 4) is 17.1 Å². The van der Waals surface area contributed by atoms with Crippen LogP contribution in [0.2, 0.25) is 10.0 Å². The predicted octanol–water partition coefficient (Wildman–Crippen LogP) is 4.32. The Kier molecular flexibility index (Phi) is 3.94. The number of rotatable bonds is 2. The Morgan fingerprint density at radius 1 is 1.00 bits per heavy atom. The minimum atomic E-state index is -0.156. The van der Waals surface area contributed by atoms with Crippen molar-refractivity contribution in [2.75, 3.05) is 6.54 Å². The lowest BCUT2D eigenvalue weighted by Crippen LogP contribution is -2.12. The van der Waals surface area contributed by atoms with Crippen molar-refractivity contribution in [1.82, 2.24) is 24.3 Å². The van der Waals surface area contributed by atoms with Gasteiger partial charge in [-0.3, -0.25) is 4.57 Å². The highest BCUT2D eigenvalue weighted by Crippen LogP contribution is 2.34. The van der Waals surface area contributed by atoms with Gasteiger partial charge in [-0.2, -0.15) is 0 Å². The molecule has 0 fully saturated rings. The van der Waals surface area contributed by atoms with Gasteiger partial charge in [0.25, 0.3) is 0 Å². The molecule has 0 aliphatic carbocycles. The van der Waals surface area contributed by atoms with E-state index < -0.39 is 0 Å². The number of aliphatic imine (C=N–C) groups is 1. The summed E-state index contributed by atoms with van der Waals surface area (Å²) in [6.07, 6.45) is 3.34. The number of ether oxygens (including phenoxy) is 1. The van der Waals surface area contributed by atoms with Gasteiger partial charge in [-0.1, -0.05) is 35.3 Å². The van der Waals surface area contributed by atoms with Gasteiger partial charge >= 0.3 is 0 Å². The molecule has 0 radical (unpaired) electrons. The van der Waals surface area contributed by atoms with Gasteiger partial charge in [0.05, 0.1) is 24.5 Å². The van der Waals surface area contributed by atoms with Crippen LogP contribution in [0, 0.1) is 0 Å². The van der Waals surface area contributed by atoms with E-state index in [9.17, 15) is 0 Å². The Morgan fingerprint density at radius 2 is 1.83 bits per heavy atom. The second-order valence-electron chi connectivity index (χ2n) is 7.16. The summed E-state index contributed by atoms with van der Waals surface area (Å²) in [4.78, 5) is 9.28. The average molecular weight is 437 g/mol. The second kappa shape index (κ2) is 6.68. The molecule has 30 heavy (non-hydrogen) atoms. The molecule has 9 heteroatoms. The number of halogens is 2. The minimum absolute atomic E-state index is 0.156. The normalized spacial score (nSPS) is 16.9. The SMILES string of the molecule is Clc1ccc([C@H]2CN=C(c3ncn4c3Cn3cnnc3-c3cc(Cl)ccc3-4)O2)cc1. The maximum atomic E-state index is 6.25. The second-order valence-corrected chi connectivity index (χ2v) is 8.03. The summed E-state index contributed by atoms with van der Waals surface area (Å²) in [5.74, 6) is 1.30. The molecule has 7 nitrogen and oxygen atoms in total. The summed E-state index contributed by atoms with van der Waals surface area (Å²) in [7, 11) is 0. The van der Waals surface area contributed by atoms with Crippen molar-refractivity contribution in [2.24, 2.45) is 4.99 Å². The van der Waals surface area contributed by atoms with Gasteiger partial charge in [0, 0.05) is 15.6 Å². The molecule has 2 aliphatic heterocycles. The van der Waals surface area contributed by atoms with Gasteiger partial charge in [0.2, 0.25) is 5.90 Å².